The first-order chi connectivity index (χ1) is 10.6. The summed E-state index contributed by atoms with van der Waals surface area (Å²) in [5.74, 6) is 0. The summed E-state index contributed by atoms with van der Waals surface area (Å²) in [5, 5.41) is 3.52. The molecule has 3 nitrogen and oxygen atoms in total. The molecule has 0 bridgehead atoms. The Morgan fingerprint density at radius 3 is 2.45 bits per heavy atom. The van der Waals surface area contributed by atoms with E-state index in [-0.39, 0.29) is 5.63 Å². The summed E-state index contributed by atoms with van der Waals surface area (Å²) in [4.78, 5) is 11.8. The molecule has 1 aliphatic carbocycles. The van der Waals surface area contributed by atoms with Gasteiger partial charge in [-0.3, -0.25) is 0 Å². The van der Waals surface area contributed by atoms with E-state index in [0.29, 0.717) is 6.04 Å². The van der Waals surface area contributed by atoms with Crippen LogP contribution in [0.15, 0.2) is 27.4 Å². The first-order valence-corrected chi connectivity index (χ1v) is 8.51. The van der Waals surface area contributed by atoms with E-state index in [0.717, 1.165) is 23.1 Å². The minimum atomic E-state index is -0.236. The lowest BCUT2D eigenvalue weighted by atomic mass is 10.0. The normalized spacial score (nSPS) is 16.8. The Hall–Kier alpha value is -1.61. The molecule has 1 heterocycles. The molecule has 1 saturated carbocycles. The molecule has 2 aromatic rings. The fourth-order valence-electron chi connectivity index (χ4n) is 3.49. The SMILES string of the molecule is Cc1cc2oc(=O)cc(C[NH2+]C3CCCCCC3)c2cc1C. The average molecular weight is 300 g/mol. The van der Waals surface area contributed by atoms with Crippen LogP contribution < -0.4 is 10.9 Å². The summed E-state index contributed by atoms with van der Waals surface area (Å²) in [6.07, 6.45) is 8.05. The highest BCUT2D eigenvalue weighted by Crippen LogP contribution is 2.21. The molecule has 0 unspecified atom stereocenters. The molecule has 118 valence electrons. The van der Waals surface area contributed by atoms with Crippen LogP contribution in [0.25, 0.3) is 11.0 Å². The molecule has 0 amide bonds. The minimum Gasteiger partial charge on any atom is -0.423 e. The smallest absolute Gasteiger partial charge is 0.336 e. The molecule has 3 rings (SSSR count). The van der Waals surface area contributed by atoms with Gasteiger partial charge in [-0.05, 0) is 62.8 Å². The van der Waals surface area contributed by atoms with Crippen molar-refractivity contribution in [2.24, 2.45) is 0 Å². The molecule has 0 atom stereocenters. The largest absolute Gasteiger partial charge is 0.423 e. The fourth-order valence-corrected chi connectivity index (χ4v) is 3.49. The lowest BCUT2D eigenvalue weighted by Gasteiger charge is -2.14. The zero-order valence-corrected chi connectivity index (χ0v) is 13.7. The Balaban J connectivity index is 1.86. The summed E-state index contributed by atoms with van der Waals surface area (Å²) in [6, 6.07) is 6.52. The van der Waals surface area contributed by atoms with Crippen LogP contribution in [0.4, 0.5) is 0 Å². The molecule has 1 fully saturated rings. The van der Waals surface area contributed by atoms with E-state index in [1.165, 1.54) is 49.7 Å². The van der Waals surface area contributed by atoms with Crippen LogP contribution in [-0.4, -0.2) is 6.04 Å². The first-order valence-electron chi connectivity index (χ1n) is 8.51. The van der Waals surface area contributed by atoms with Gasteiger partial charge in [0.1, 0.15) is 12.1 Å². The maximum absolute atomic E-state index is 11.8. The molecule has 22 heavy (non-hydrogen) atoms. The maximum Gasteiger partial charge on any atom is 0.336 e. The van der Waals surface area contributed by atoms with Gasteiger partial charge in [0.2, 0.25) is 0 Å². The lowest BCUT2D eigenvalue weighted by Crippen LogP contribution is -2.88. The molecule has 0 aliphatic heterocycles. The molecule has 1 aromatic carbocycles. The summed E-state index contributed by atoms with van der Waals surface area (Å²) in [5.41, 5.74) is 4.01. The number of hydrogen-bond donors (Lipinski definition) is 1. The van der Waals surface area contributed by atoms with Gasteiger partial charge in [-0.1, -0.05) is 12.8 Å². The first kappa shape index (κ1) is 15.3. The van der Waals surface area contributed by atoms with Crippen molar-refractivity contribution in [3.63, 3.8) is 0 Å². The van der Waals surface area contributed by atoms with E-state index in [9.17, 15) is 4.79 Å². The van der Waals surface area contributed by atoms with Crippen LogP contribution in [0.5, 0.6) is 0 Å². The molecule has 3 heteroatoms. The van der Waals surface area contributed by atoms with Crippen molar-refractivity contribution in [1.82, 2.24) is 0 Å². The number of nitrogens with two attached hydrogens (primary N) is 1. The predicted molar refractivity (Wildman–Crippen MR) is 89.1 cm³/mol. The second kappa shape index (κ2) is 6.66. The van der Waals surface area contributed by atoms with Crippen molar-refractivity contribution in [3.05, 3.63) is 45.3 Å². The van der Waals surface area contributed by atoms with Gasteiger partial charge in [0.05, 0.1) is 6.04 Å². The van der Waals surface area contributed by atoms with E-state index in [1.807, 2.05) is 6.07 Å². The van der Waals surface area contributed by atoms with Crippen LogP contribution in [0.2, 0.25) is 0 Å². The van der Waals surface area contributed by atoms with Gasteiger partial charge >= 0.3 is 5.63 Å². The Morgan fingerprint density at radius 2 is 1.73 bits per heavy atom. The summed E-state index contributed by atoms with van der Waals surface area (Å²) in [7, 11) is 0. The second-order valence-electron chi connectivity index (χ2n) is 6.71. The van der Waals surface area contributed by atoms with Crippen molar-refractivity contribution in [2.75, 3.05) is 0 Å². The Kier molecular flexibility index (Phi) is 4.63. The number of fused-ring (bicyclic) bond motifs is 1. The van der Waals surface area contributed by atoms with E-state index in [2.05, 4.69) is 25.2 Å². The van der Waals surface area contributed by atoms with Crippen LogP contribution in [0.1, 0.15) is 55.2 Å². The maximum atomic E-state index is 11.8. The van der Waals surface area contributed by atoms with Gasteiger partial charge in [-0.2, -0.15) is 0 Å². The van der Waals surface area contributed by atoms with E-state index < -0.39 is 0 Å². The van der Waals surface area contributed by atoms with Crippen molar-refractivity contribution < 1.29 is 9.73 Å². The van der Waals surface area contributed by atoms with Crippen molar-refractivity contribution in [1.29, 1.82) is 0 Å². The highest BCUT2D eigenvalue weighted by Gasteiger charge is 2.16. The number of hydrogen-bond acceptors (Lipinski definition) is 2. The van der Waals surface area contributed by atoms with Gasteiger partial charge in [-0.15, -0.1) is 0 Å². The van der Waals surface area contributed by atoms with Gasteiger partial charge in [0.15, 0.2) is 0 Å². The summed E-state index contributed by atoms with van der Waals surface area (Å²) >= 11 is 0. The quantitative estimate of drug-likeness (QED) is 0.699. The third-order valence-electron chi connectivity index (χ3n) is 5.02. The molecular weight excluding hydrogens is 274 g/mol. The molecule has 1 aromatic heterocycles. The van der Waals surface area contributed by atoms with E-state index in [1.54, 1.807) is 6.07 Å². The van der Waals surface area contributed by atoms with Crippen molar-refractivity contribution in [3.8, 4) is 0 Å². The third kappa shape index (κ3) is 3.41. The monoisotopic (exact) mass is 300 g/mol. The predicted octanol–water partition coefficient (Wildman–Crippen LogP) is 3.20. The molecular formula is C19H26NO2+. The van der Waals surface area contributed by atoms with Crippen LogP contribution in [0.3, 0.4) is 0 Å². The van der Waals surface area contributed by atoms with Gasteiger partial charge < -0.3 is 9.73 Å². The van der Waals surface area contributed by atoms with E-state index in [4.69, 9.17) is 4.42 Å². The van der Waals surface area contributed by atoms with Crippen LogP contribution in [0, 0.1) is 13.8 Å². The molecule has 0 radical (unpaired) electrons. The molecule has 0 spiro atoms. The minimum absolute atomic E-state index is 0.236. The Bertz CT molecular complexity index is 709. The average Bonchev–Trinajstić information content (AvgIpc) is 2.75. The zero-order valence-electron chi connectivity index (χ0n) is 13.7. The number of aryl methyl sites for hydroxylation is 2. The lowest BCUT2D eigenvalue weighted by molar-refractivity contribution is -0.705. The fraction of sp³-hybridized carbons (Fsp3) is 0.526. The van der Waals surface area contributed by atoms with Crippen molar-refractivity contribution in [2.45, 2.75) is 65.0 Å². The standard InChI is InChI=1S/C19H25NO2/c1-13-9-17-15(11-19(21)22-18(17)10-14(13)2)12-20-16-7-5-3-4-6-8-16/h9-11,16,20H,3-8,12H2,1-2H3/p+1. The Morgan fingerprint density at radius 1 is 1.05 bits per heavy atom. The zero-order chi connectivity index (χ0) is 15.5. The van der Waals surface area contributed by atoms with Crippen molar-refractivity contribution >= 4 is 11.0 Å². The topological polar surface area (TPSA) is 46.8 Å². The number of benzene rings is 1. The van der Waals surface area contributed by atoms with Gasteiger partial charge in [0.25, 0.3) is 0 Å². The molecule has 2 N–H and O–H groups in total. The number of rotatable bonds is 3. The van der Waals surface area contributed by atoms with Crippen LogP contribution in [-0.2, 0) is 6.54 Å². The highest BCUT2D eigenvalue weighted by molar-refractivity contribution is 5.81. The van der Waals surface area contributed by atoms with E-state index >= 15 is 0 Å². The third-order valence-corrected chi connectivity index (χ3v) is 5.02. The van der Waals surface area contributed by atoms with Gasteiger partial charge in [-0.25, -0.2) is 4.79 Å². The summed E-state index contributed by atoms with van der Waals surface area (Å²) in [6.45, 7) is 5.03. The second-order valence-corrected chi connectivity index (χ2v) is 6.71. The summed E-state index contributed by atoms with van der Waals surface area (Å²) < 4.78 is 5.38. The molecule has 1 aliphatic rings. The number of quaternary nitrogens is 1. The highest BCUT2D eigenvalue weighted by atomic mass is 16.4. The van der Waals surface area contributed by atoms with Gasteiger partial charge in [0, 0.05) is 17.0 Å². The van der Waals surface area contributed by atoms with Crippen LogP contribution >= 0.6 is 0 Å². The Labute approximate surface area is 131 Å². The molecule has 0 saturated heterocycles.